The number of nitrogens with zero attached hydrogens (tertiary/aromatic N) is 4. The molecule has 0 unspecified atom stereocenters. The van der Waals surface area contributed by atoms with Crippen molar-refractivity contribution in [1.29, 1.82) is 0 Å². The van der Waals surface area contributed by atoms with Gasteiger partial charge in [-0.3, -0.25) is 0 Å². The van der Waals surface area contributed by atoms with Crippen molar-refractivity contribution >= 4 is 27.7 Å². The van der Waals surface area contributed by atoms with Gasteiger partial charge in [0.1, 0.15) is 15.5 Å². The number of aryl methyl sites for hydroxylation is 3. The molecule has 94 valence electrons. The summed E-state index contributed by atoms with van der Waals surface area (Å²) in [5.41, 5.74) is 3.16. The minimum atomic E-state index is 0.723. The summed E-state index contributed by atoms with van der Waals surface area (Å²) < 4.78 is 0.776. The molecule has 4 nitrogen and oxygen atoms in total. The minimum absolute atomic E-state index is 0.723. The van der Waals surface area contributed by atoms with Crippen LogP contribution in [0, 0.1) is 27.7 Å². The summed E-state index contributed by atoms with van der Waals surface area (Å²) in [5.74, 6) is 0.729. The average molecular weight is 325 g/mol. The molecule has 0 fully saturated rings. The molecule has 0 saturated carbocycles. The highest BCUT2D eigenvalue weighted by molar-refractivity contribution is 9.10. The van der Waals surface area contributed by atoms with Gasteiger partial charge in [0.2, 0.25) is 0 Å². The van der Waals surface area contributed by atoms with Crippen molar-refractivity contribution in [3.63, 3.8) is 0 Å². The third kappa shape index (κ3) is 3.05. The third-order valence-corrected chi connectivity index (χ3v) is 3.78. The van der Waals surface area contributed by atoms with Gasteiger partial charge in [0, 0.05) is 17.5 Å². The van der Waals surface area contributed by atoms with Crippen LogP contribution in [0.4, 0.5) is 0 Å². The van der Waals surface area contributed by atoms with Gasteiger partial charge in [0.05, 0.1) is 0 Å². The van der Waals surface area contributed by atoms with Crippen molar-refractivity contribution in [3.8, 4) is 0 Å². The molecule has 0 atom stereocenters. The lowest BCUT2D eigenvalue weighted by atomic mass is 10.2. The van der Waals surface area contributed by atoms with E-state index in [4.69, 9.17) is 0 Å². The van der Waals surface area contributed by atoms with Crippen LogP contribution >= 0.6 is 27.7 Å². The van der Waals surface area contributed by atoms with E-state index in [0.717, 1.165) is 37.6 Å². The summed E-state index contributed by atoms with van der Waals surface area (Å²) in [4.78, 5) is 17.5. The van der Waals surface area contributed by atoms with Gasteiger partial charge >= 0.3 is 0 Å². The second-order valence-electron chi connectivity index (χ2n) is 3.98. The van der Waals surface area contributed by atoms with E-state index in [-0.39, 0.29) is 0 Å². The van der Waals surface area contributed by atoms with E-state index in [9.17, 15) is 0 Å². The number of aromatic nitrogens is 4. The molecule has 2 heterocycles. The van der Waals surface area contributed by atoms with Crippen LogP contribution in [0.2, 0.25) is 0 Å². The fourth-order valence-corrected chi connectivity index (χ4v) is 2.96. The van der Waals surface area contributed by atoms with Crippen LogP contribution in [-0.2, 0) is 0 Å². The van der Waals surface area contributed by atoms with Gasteiger partial charge in [-0.2, -0.15) is 0 Å². The summed E-state index contributed by atoms with van der Waals surface area (Å²) in [6.07, 6.45) is 0. The first kappa shape index (κ1) is 13.4. The molecule has 0 radical (unpaired) electrons. The summed E-state index contributed by atoms with van der Waals surface area (Å²) in [5, 5.41) is 1.57. The molecule has 0 aromatic carbocycles. The maximum absolute atomic E-state index is 4.46. The van der Waals surface area contributed by atoms with Crippen LogP contribution in [0.15, 0.2) is 20.9 Å². The van der Waals surface area contributed by atoms with E-state index in [2.05, 4.69) is 35.9 Å². The van der Waals surface area contributed by atoms with Gasteiger partial charge in [-0.05, 0) is 61.0 Å². The Morgan fingerprint density at radius 3 is 2.11 bits per heavy atom. The Hall–Kier alpha value is -1.01. The number of halogens is 1. The quantitative estimate of drug-likeness (QED) is 0.625. The van der Waals surface area contributed by atoms with Gasteiger partial charge in [-0.1, -0.05) is 0 Å². The molecule has 18 heavy (non-hydrogen) atoms. The number of rotatable bonds is 2. The fraction of sp³-hybridized carbons (Fsp3) is 0.333. The Morgan fingerprint density at radius 2 is 1.56 bits per heavy atom. The summed E-state index contributed by atoms with van der Waals surface area (Å²) in [6.45, 7) is 7.89. The third-order valence-electron chi connectivity index (χ3n) is 2.59. The molecule has 0 aliphatic carbocycles. The van der Waals surface area contributed by atoms with Gasteiger partial charge in [0.25, 0.3) is 0 Å². The summed E-state index contributed by atoms with van der Waals surface area (Å²) in [6, 6.07) is 1.87. The molecule has 2 aromatic heterocycles. The molecule has 0 aliphatic heterocycles. The molecule has 0 aliphatic rings. The first-order valence-corrected chi connectivity index (χ1v) is 7.07. The highest BCUT2D eigenvalue weighted by atomic mass is 79.9. The lowest BCUT2D eigenvalue weighted by molar-refractivity contribution is 0.873. The molecule has 0 spiro atoms. The molecule has 0 saturated heterocycles. The van der Waals surface area contributed by atoms with Gasteiger partial charge < -0.3 is 0 Å². The highest BCUT2D eigenvalue weighted by Crippen LogP contribution is 2.25. The predicted octanol–water partition coefficient (Wildman–Crippen LogP) is 3.41. The van der Waals surface area contributed by atoms with Crippen LogP contribution in [-0.4, -0.2) is 19.9 Å². The van der Waals surface area contributed by atoms with E-state index >= 15 is 0 Å². The van der Waals surface area contributed by atoms with E-state index in [1.54, 1.807) is 0 Å². The first-order chi connectivity index (χ1) is 8.45. The molecule has 2 aromatic rings. The topological polar surface area (TPSA) is 51.6 Å². The Kier molecular flexibility index (Phi) is 3.97. The van der Waals surface area contributed by atoms with Gasteiger partial charge in [-0.25, -0.2) is 19.9 Å². The molecule has 0 amide bonds. The van der Waals surface area contributed by atoms with Crippen molar-refractivity contribution < 1.29 is 0 Å². The normalized spacial score (nSPS) is 10.7. The summed E-state index contributed by atoms with van der Waals surface area (Å²) in [7, 11) is 0. The van der Waals surface area contributed by atoms with E-state index in [1.165, 1.54) is 11.8 Å². The highest BCUT2D eigenvalue weighted by Gasteiger charge is 2.08. The Bertz CT molecular complexity index is 557. The van der Waals surface area contributed by atoms with E-state index in [0.29, 0.717) is 0 Å². The molecular formula is C12H13BrN4S. The number of hydrogen-bond acceptors (Lipinski definition) is 5. The van der Waals surface area contributed by atoms with Crippen molar-refractivity contribution in [3.05, 3.63) is 33.4 Å². The maximum Gasteiger partial charge on any atom is 0.194 e. The van der Waals surface area contributed by atoms with Crippen molar-refractivity contribution in [2.45, 2.75) is 37.9 Å². The minimum Gasteiger partial charge on any atom is -0.227 e. The van der Waals surface area contributed by atoms with Gasteiger partial charge in [-0.15, -0.1) is 0 Å². The lowest BCUT2D eigenvalue weighted by Gasteiger charge is -2.06. The largest absolute Gasteiger partial charge is 0.227 e. The zero-order valence-electron chi connectivity index (χ0n) is 10.7. The average Bonchev–Trinajstić information content (AvgIpc) is 2.24. The molecule has 2 rings (SSSR count). The molecular weight excluding hydrogens is 312 g/mol. The van der Waals surface area contributed by atoms with E-state index in [1.807, 2.05) is 33.8 Å². The van der Waals surface area contributed by atoms with Crippen LogP contribution in [0.3, 0.4) is 0 Å². The second-order valence-corrected chi connectivity index (χ2v) is 5.78. The van der Waals surface area contributed by atoms with Crippen molar-refractivity contribution in [2.75, 3.05) is 0 Å². The standard InChI is InChI=1S/C12H13BrN4S/c1-6-7(2)14-12(15-8(6)3)18-11-5-10(13)16-9(4)17-11/h5H,1-4H3. The number of hydrogen-bond donors (Lipinski definition) is 0. The Balaban J connectivity index is 2.34. The fourth-order valence-electron chi connectivity index (χ4n) is 1.44. The summed E-state index contributed by atoms with van der Waals surface area (Å²) >= 11 is 4.81. The Labute approximate surface area is 119 Å². The molecule has 6 heteroatoms. The van der Waals surface area contributed by atoms with E-state index < -0.39 is 0 Å². The predicted molar refractivity (Wildman–Crippen MR) is 74.8 cm³/mol. The first-order valence-electron chi connectivity index (χ1n) is 5.46. The maximum atomic E-state index is 4.46. The van der Waals surface area contributed by atoms with Crippen LogP contribution in [0.25, 0.3) is 0 Å². The SMILES string of the molecule is Cc1nc(Br)cc(Sc2nc(C)c(C)c(C)n2)n1. The smallest absolute Gasteiger partial charge is 0.194 e. The van der Waals surface area contributed by atoms with Crippen LogP contribution < -0.4 is 0 Å². The van der Waals surface area contributed by atoms with Crippen LogP contribution in [0.1, 0.15) is 22.8 Å². The van der Waals surface area contributed by atoms with Crippen LogP contribution in [0.5, 0.6) is 0 Å². The zero-order valence-corrected chi connectivity index (χ0v) is 13.1. The molecule has 0 N–H and O–H groups in total. The molecule has 0 bridgehead atoms. The Morgan fingerprint density at radius 1 is 0.944 bits per heavy atom. The monoisotopic (exact) mass is 324 g/mol. The van der Waals surface area contributed by atoms with Crippen molar-refractivity contribution in [1.82, 2.24) is 19.9 Å². The zero-order chi connectivity index (χ0) is 13.3. The van der Waals surface area contributed by atoms with Crippen molar-refractivity contribution in [2.24, 2.45) is 0 Å². The van der Waals surface area contributed by atoms with Gasteiger partial charge in [0.15, 0.2) is 5.16 Å². The second kappa shape index (κ2) is 5.32. The lowest BCUT2D eigenvalue weighted by Crippen LogP contribution is -1.98.